The van der Waals surface area contributed by atoms with Crippen LogP contribution in [-0.2, 0) is 15.4 Å². The van der Waals surface area contributed by atoms with Crippen molar-refractivity contribution in [2.45, 2.75) is 38.0 Å². The summed E-state index contributed by atoms with van der Waals surface area (Å²) in [6, 6.07) is 14.1. The quantitative estimate of drug-likeness (QED) is 0.413. The number of hydrogen-bond donors (Lipinski definition) is 2. The predicted molar refractivity (Wildman–Crippen MR) is 128 cm³/mol. The van der Waals surface area contributed by atoms with E-state index in [1.807, 2.05) is 51.1 Å². The number of hydrogen-bond acceptors (Lipinski definition) is 4. The molecule has 3 aromatic rings. The van der Waals surface area contributed by atoms with E-state index in [1.54, 1.807) is 25.3 Å². The topological polar surface area (TPSA) is 97.4 Å². The molecule has 0 fully saturated rings. The van der Waals surface area contributed by atoms with Crippen LogP contribution in [0, 0.1) is 0 Å². The van der Waals surface area contributed by atoms with Crippen molar-refractivity contribution in [3.63, 3.8) is 0 Å². The summed E-state index contributed by atoms with van der Waals surface area (Å²) in [6.07, 6.45) is 3.16. The molecule has 0 aliphatic heterocycles. The van der Waals surface area contributed by atoms with E-state index in [-0.39, 0.29) is 21.2 Å². The molecule has 162 valence electrons. The van der Waals surface area contributed by atoms with Crippen molar-refractivity contribution >= 4 is 44.1 Å². The molecule has 3 N–H and O–H groups in total. The number of sulfonamides is 1. The van der Waals surface area contributed by atoms with E-state index in [0.29, 0.717) is 11.4 Å². The van der Waals surface area contributed by atoms with Crippen LogP contribution >= 0.6 is 11.6 Å². The van der Waals surface area contributed by atoms with Gasteiger partial charge in [-0.1, -0.05) is 44.5 Å². The molecular weight excluding hydrogens is 432 g/mol. The predicted octanol–water partition coefficient (Wildman–Crippen LogP) is 5.25. The summed E-state index contributed by atoms with van der Waals surface area (Å²) < 4.78 is 30.1. The summed E-state index contributed by atoms with van der Waals surface area (Å²) in [4.78, 5) is 4.25. The van der Waals surface area contributed by atoms with E-state index in [1.165, 1.54) is 12.1 Å². The molecule has 0 atom stereocenters. The van der Waals surface area contributed by atoms with Crippen LogP contribution in [-0.4, -0.2) is 19.2 Å². The summed E-state index contributed by atoms with van der Waals surface area (Å²) in [5, 5.41) is 4.01. The molecule has 0 bridgehead atoms. The van der Waals surface area contributed by atoms with Crippen LogP contribution < -0.4 is 11.1 Å². The average molecular weight is 457 g/mol. The van der Waals surface area contributed by atoms with Crippen LogP contribution in [0.1, 0.15) is 33.3 Å². The van der Waals surface area contributed by atoms with Gasteiger partial charge >= 0.3 is 0 Å². The number of aromatic nitrogens is 1. The number of fused-ring (bicyclic) bond motifs is 1. The first kappa shape index (κ1) is 22.8. The highest BCUT2D eigenvalue weighted by Gasteiger charge is 2.22. The van der Waals surface area contributed by atoms with Crippen LogP contribution in [0.25, 0.3) is 10.9 Å². The van der Waals surface area contributed by atoms with E-state index in [0.717, 1.165) is 16.5 Å². The molecule has 0 saturated carbocycles. The van der Waals surface area contributed by atoms with Gasteiger partial charge in [0.1, 0.15) is 10.7 Å². The average Bonchev–Trinajstić information content (AvgIpc) is 2.66. The Morgan fingerprint density at radius 3 is 2.55 bits per heavy atom. The van der Waals surface area contributed by atoms with E-state index in [2.05, 4.69) is 14.7 Å². The lowest BCUT2D eigenvalue weighted by Crippen LogP contribution is -2.15. The van der Waals surface area contributed by atoms with Crippen molar-refractivity contribution < 1.29 is 8.42 Å². The van der Waals surface area contributed by atoms with Gasteiger partial charge in [0, 0.05) is 29.0 Å². The minimum atomic E-state index is -4.09. The Morgan fingerprint density at radius 2 is 1.90 bits per heavy atom. The van der Waals surface area contributed by atoms with Gasteiger partial charge in [-0.3, -0.25) is 4.98 Å². The summed E-state index contributed by atoms with van der Waals surface area (Å²) in [5.41, 5.74) is 8.41. The van der Waals surface area contributed by atoms with Crippen molar-refractivity contribution in [1.29, 1.82) is 0 Å². The maximum Gasteiger partial charge on any atom is 0.285 e. The maximum absolute atomic E-state index is 13.1. The number of allylic oxidation sites excluding steroid dienone is 1. The molecule has 0 spiro atoms. The number of benzene rings is 2. The highest BCUT2D eigenvalue weighted by Crippen LogP contribution is 2.30. The molecule has 0 radical (unpaired) electrons. The second-order valence-corrected chi connectivity index (χ2v) is 10.2. The zero-order valence-corrected chi connectivity index (χ0v) is 19.4. The zero-order valence-electron chi connectivity index (χ0n) is 17.8. The smallest absolute Gasteiger partial charge is 0.285 e. The standard InChI is InChI=1S/C23H25ClN4O2S/c1-15(25)13-22(27-20-9-5-8-19-17(20)7-6-12-26-19)28-31(29,30)21-11-10-16(14-18(21)24)23(2,3)4/h5-14H,25H2,1-4H3,(H,27,28). The minimum absolute atomic E-state index is 0.0656. The Balaban J connectivity index is 2.06. The largest absolute Gasteiger partial charge is 0.402 e. The van der Waals surface area contributed by atoms with E-state index in [4.69, 9.17) is 17.3 Å². The lowest BCUT2D eigenvalue weighted by molar-refractivity contribution is 0.587. The first-order chi connectivity index (χ1) is 14.5. The Bertz CT molecular complexity index is 1280. The summed E-state index contributed by atoms with van der Waals surface area (Å²) in [6.45, 7) is 7.74. The van der Waals surface area contributed by atoms with E-state index >= 15 is 0 Å². The molecule has 8 heteroatoms. The molecule has 3 rings (SSSR count). The highest BCUT2D eigenvalue weighted by atomic mass is 35.5. The molecule has 0 amide bonds. The fourth-order valence-corrected chi connectivity index (χ4v) is 4.48. The first-order valence-electron chi connectivity index (χ1n) is 9.67. The van der Waals surface area contributed by atoms with Gasteiger partial charge in [0.05, 0.1) is 10.5 Å². The van der Waals surface area contributed by atoms with Crippen molar-refractivity contribution in [3.8, 4) is 0 Å². The Kier molecular flexibility index (Phi) is 6.38. The van der Waals surface area contributed by atoms with Gasteiger partial charge in [-0.25, -0.2) is 0 Å². The Labute approximate surface area is 187 Å². The monoisotopic (exact) mass is 456 g/mol. The van der Waals surface area contributed by atoms with Gasteiger partial charge in [0.25, 0.3) is 10.0 Å². The van der Waals surface area contributed by atoms with E-state index < -0.39 is 10.0 Å². The number of nitrogens with one attached hydrogen (secondary N) is 1. The number of nitrogens with zero attached hydrogens (tertiary/aromatic N) is 2. The molecule has 0 unspecified atom stereocenters. The molecule has 1 heterocycles. The molecule has 31 heavy (non-hydrogen) atoms. The Hall–Kier alpha value is -2.90. The molecule has 1 aromatic heterocycles. The van der Waals surface area contributed by atoms with Gasteiger partial charge < -0.3 is 11.1 Å². The molecule has 2 aromatic carbocycles. The molecule has 0 aliphatic rings. The van der Waals surface area contributed by atoms with Crippen molar-refractivity contribution in [3.05, 3.63) is 77.1 Å². The highest BCUT2D eigenvalue weighted by molar-refractivity contribution is 7.90. The maximum atomic E-state index is 13.1. The Morgan fingerprint density at radius 1 is 1.16 bits per heavy atom. The van der Waals surface area contributed by atoms with Gasteiger partial charge in [0.15, 0.2) is 0 Å². The van der Waals surface area contributed by atoms with E-state index in [9.17, 15) is 8.42 Å². The summed E-state index contributed by atoms with van der Waals surface area (Å²) >= 11 is 6.33. The summed E-state index contributed by atoms with van der Waals surface area (Å²) in [7, 11) is -4.09. The zero-order chi connectivity index (χ0) is 22.8. The third kappa shape index (κ3) is 5.42. The van der Waals surface area contributed by atoms with Crippen LogP contribution in [0.4, 0.5) is 5.69 Å². The number of rotatable bonds is 4. The SMILES string of the molecule is CC(N)=CC(=NS(=O)(=O)c1ccc(C(C)(C)C)cc1Cl)Nc1cccc2ncccc12. The molecular formula is C23H25ClN4O2S. The lowest BCUT2D eigenvalue weighted by atomic mass is 9.87. The van der Waals surface area contributed by atoms with Crippen LogP contribution in [0.3, 0.4) is 0 Å². The first-order valence-corrected chi connectivity index (χ1v) is 11.5. The van der Waals surface area contributed by atoms with Gasteiger partial charge in [0.2, 0.25) is 0 Å². The number of halogens is 1. The van der Waals surface area contributed by atoms with Crippen LogP contribution in [0.2, 0.25) is 5.02 Å². The minimum Gasteiger partial charge on any atom is -0.402 e. The molecule has 0 saturated heterocycles. The van der Waals surface area contributed by atoms with Crippen molar-refractivity contribution in [2.75, 3.05) is 5.32 Å². The number of amidine groups is 1. The number of pyridine rings is 1. The number of anilines is 1. The fourth-order valence-electron chi connectivity index (χ4n) is 3.01. The second-order valence-electron chi connectivity index (χ2n) is 8.24. The summed E-state index contributed by atoms with van der Waals surface area (Å²) in [5.74, 6) is 0.0762. The molecule has 6 nitrogen and oxygen atoms in total. The van der Waals surface area contributed by atoms with Crippen molar-refractivity contribution in [2.24, 2.45) is 10.1 Å². The lowest BCUT2D eigenvalue weighted by Gasteiger charge is -2.19. The van der Waals surface area contributed by atoms with Gasteiger partial charge in [-0.15, -0.1) is 4.40 Å². The van der Waals surface area contributed by atoms with Crippen molar-refractivity contribution in [1.82, 2.24) is 4.98 Å². The van der Waals surface area contributed by atoms with Crippen LogP contribution in [0.5, 0.6) is 0 Å². The molecule has 0 aliphatic carbocycles. The second kappa shape index (κ2) is 8.69. The normalized spacial score (nSPS) is 13.5. The fraction of sp³-hybridized carbons (Fsp3) is 0.217. The van der Waals surface area contributed by atoms with Gasteiger partial charge in [-0.05, 0) is 54.3 Å². The third-order valence-electron chi connectivity index (χ3n) is 4.57. The van der Waals surface area contributed by atoms with Gasteiger partial charge in [-0.2, -0.15) is 8.42 Å². The third-order valence-corrected chi connectivity index (χ3v) is 6.34. The number of nitrogens with two attached hydrogens (primary N) is 1. The van der Waals surface area contributed by atoms with Crippen LogP contribution in [0.15, 0.2) is 75.8 Å².